The fraction of sp³-hybridized carbons (Fsp3) is 1.00. The molecule has 0 aromatic rings. The molecule has 1 aliphatic carbocycles. The molecule has 12 heavy (non-hydrogen) atoms. The Morgan fingerprint density at radius 2 is 1.58 bits per heavy atom. The molecule has 0 bridgehead atoms. The minimum Gasteiger partial charge on any atom is -0.236 e. The average molecular weight is 170 g/mol. The van der Waals surface area contributed by atoms with Crippen molar-refractivity contribution in [2.45, 2.75) is 38.5 Å². The van der Waals surface area contributed by atoms with Gasteiger partial charge in [-0.2, -0.15) is 0 Å². The van der Waals surface area contributed by atoms with Crippen molar-refractivity contribution >= 4 is 0 Å². The zero-order chi connectivity index (χ0) is 8.81. The van der Waals surface area contributed by atoms with E-state index in [0.717, 1.165) is 6.42 Å². The summed E-state index contributed by atoms with van der Waals surface area (Å²) in [6, 6.07) is 0. The largest absolute Gasteiger partial charge is 0.236 e. The number of rotatable bonds is 4. The second-order valence-electron chi connectivity index (χ2n) is 3.94. The molecule has 0 amide bonds. The van der Waals surface area contributed by atoms with Gasteiger partial charge in [-0.3, -0.25) is 0 Å². The lowest BCUT2D eigenvalue weighted by atomic mass is 9.83. The smallest absolute Gasteiger partial charge is 0.0873 e. The predicted octanol–water partition coefficient (Wildman–Crippen LogP) is 2.43. The van der Waals surface area contributed by atoms with Crippen molar-refractivity contribution in [2.24, 2.45) is 11.8 Å². The van der Waals surface area contributed by atoms with Crippen LogP contribution in [0.25, 0.3) is 0 Å². The van der Waals surface area contributed by atoms with Gasteiger partial charge in [0.1, 0.15) is 0 Å². The first-order valence-corrected chi connectivity index (χ1v) is 5.03. The maximum absolute atomic E-state index is 10.5. The van der Waals surface area contributed by atoms with E-state index >= 15 is 0 Å². The Balaban J connectivity index is 2.18. The molecule has 0 aromatic heterocycles. The van der Waals surface area contributed by atoms with Crippen LogP contribution in [0.5, 0.6) is 0 Å². The lowest BCUT2D eigenvalue weighted by Gasteiger charge is -2.23. The van der Waals surface area contributed by atoms with Gasteiger partial charge in [-0.25, -0.2) is 10.2 Å². The van der Waals surface area contributed by atoms with Crippen LogP contribution in [0, 0.1) is 11.8 Å². The van der Waals surface area contributed by atoms with E-state index in [-0.39, 0.29) is 19.1 Å². The maximum atomic E-state index is 10.5. The van der Waals surface area contributed by atoms with E-state index in [2.05, 4.69) is 0 Å². The zero-order valence-corrected chi connectivity index (χ0v) is 7.63. The molecule has 2 heteroatoms. The second kappa shape index (κ2) is 5.55. The van der Waals surface area contributed by atoms with Crippen LogP contribution in [-0.4, -0.2) is 13.2 Å². The van der Waals surface area contributed by atoms with Crippen LogP contribution in [0.3, 0.4) is 0 Å². The van der Waals surface area contributed by atoms with Crippen LogP contribution in [0.1, 0.15) is 38.5 Å². The molecule has 0 heterocycles. The number of hydrogen-bond acceptors (Lipinski definition) is 0. The first-order valence-electron chi connectivity index (χ1n) is 5.03. The normalized spacial score (nSPS) is 20.2. The van der Waals surface area contributed by atoms with Crippen molar-refractivity contribution in [3.8, 4) is 0 Å². The lowest BCUT2D eigenvalue weighted by Crippen LogP contribution is -2.17. The summed E-state index contributed by atoms with van der Waals surface area (Å²) in [6.45, 7) is -0.333. The molecule has 1 saturated carbocycles. The highest BCUT2D eigenvalue weighted by Crippen LogP contribution is 2.28. The zero-order valence-electron chi connectivity index (χ0n) is 7.63. The van der Waals surface area contributed by atoms with Crippen LogP contribution >= 0.6 is 0 Å². The SMILES string of the molecule is [O]CC(C[O])CC1CCCCC1. The summed E-state index contributed by atoms with van der Waals surface area (Å²) in [4.78, 5) is 0. The highest BCUT2D eigenvalue weighted by Gasteiger charge is 2.18. The van der Waals surface area contributed by atoms with Crippen LogP contribution in [-0.2, 0) is 10.2 Å². The summed E-state index contributed by atoms with van der Waals surface area (Å²) in [6.07, 6.45) is 7.33. The predicted molar refractivity (Wildman–Crippen MR) is 45.8 cm³/mol. The molecule has 0 atom stereocenters. The molecular formula is C10H18O2. The van der Waals surface area contributed by atoms with Gasteiger partial charge in [-0.05, 0) is 12.3 Å². The summed E-state index contributed by atoms with van der Waals surface area (Å²) in [5.41, 5.74) is 0. The van der Waals surface area contributed by atoms with Crippen LogP contribution in [0.15, 0.2) is 0 Å². The van der Waals surface area contributed by atoms with Crippen molar-refractivity contribution in [1.29, 1.82) is 0 Å². The van der Waals surface area contributed by atoms with Crippen molar-refractivity contribution in [2.75, 3.05) is 13.2 Å². The second-order valence-corrected chi connectivity index (χ2v) is 3.94. The Bertz CT molecular complexity index is 104. The average Bonchev–Trinajstić information content (AvgIpc) is 2.16. The van der Waals surface area contributed by atoms with E-state index < -0.39 is 0 Å². The quantitative estimate of drug-likeness (QED) is 0.621. The third-order valence-corrected chi connectivity index (χ3v) is 2.86. The van der Waals surface area contributed by atoms with Gasteiger partial charge in [-0.15, -0.1) is 0 Å². The fourth-order valence-corrected chi connectivity index (χ4v) is 2.08. The van der Waals surface area contributed by atoms with Crippen molar-refractivity contribution in [3.05, 3.63) is 0 Å². The molecule has 0 aromatic carbocycles. The Hall–Kier alpha value is -0.0800. The van der Waals surface area contributed by atoms with E-state index in [1.165, 1.54) is 32.1 Å². The van der Waals surface area contributed by atoms with Crippen LogP contribution in [0.2, 0.25) is 0 Å². The van der Waals surface area contributed by atoms with Crippen molar-refractivity contribution in [1.82, 2.24) is 0 Å². The van der Waals surface area contributed by atoms with Crippen molar-refractivity contribution < 1.29 is 10.2 Å². The molecule has 0 saturated heterocycles. The fourth-order valence-electron chi connectivity index (χ4n) is 2.08. The molecule has 2 nitrogen and oxygen atoms in total. The highest BCUT2D eigenvalue weighted by molar-refractivity contribution is 4.69. The molecule has 0 aliphatic heterocycles. The van der Waals surface area contributed by atoms with Gasteiger partial charge in [0, 0.05) is 5.92 Å². The first-order chi connectivity index (χ1) is 5.86. The third kappa shape index (κ3) is 3.11. The molecule has 0 spiro atoms. The molecule has 1 rings (SSSR count). The molecule has 1 fully saturated rings. The van der Waals surface area contributed by atoms with E-state index in [0.29, 0.717) is 5.92 Å². The molecule has 70 valence electrons. The van der Waals surface area contributed by atoms with E-state index in [4.69, 9.17) is 0 Å². The van der Waals surface area contributed by atoms with E-state index in [9.17, 15) is 10.2 Å². The van der Waals surface area contributed by atoms with Crippen molar-refractivity contribution in [3.63, 3.8) is 0 Å². The topological polar surface area (TPSA) is 39.8 Å². The highest BCUT2D eigenvalue weighted by atomic mass is 16.3. The van der Waals surface area contributed by atoms with Gasteiger partial charge in [0.25, 0.3) is 0 Å². The summed E-state index contributed by atoms with van der Waals surface area (Å²) in [5, 5.41) is 21.1. The van der Waals surface area contributed by atoms with Gasteiger partial charge in [0.05, 0.1) is 13.2 Å². The monoisotopic (exact) mass is 170 g/mol. The Morgan fingerprint density at radius 3 is 2.08 bits per heavy atom. The minimum absolute atomic E-state index is 0.0897. The maximum Gasteiger partial charge on any atom is 0.0873 e. The number of hydrogen-bond donors (Lipinski definition) is 0. The third-order valence-electron chi connectivity index (χ3n) is 2.86. The Kier molecular flexibility index (Phi) is 4.62. The van der Waals surface area contributed by atoms with Crippen LogP contribution in [0.4, 0.5) is 0 Å². The molecule has 0 N–H and O–H groups in total. The summed E-state index contributed by atoms with van der Waals surface area (Å²) in [5.74, 6) is 0.597. The van der Waals surface area contributed by atoms with Gasteiger partial charge >= 0.3 is 0 Å². The first kappa shape index (κ1) is 10.0. The van der Waals surface area contributed by atoms with Crippen LogP contribution < -0.4 is 0 Å². The lowest BCUT2D eigenvalue weighted by molar-refractivity contribution is 0.0538. The minimum atomic E-state index is -0.167. The summed E-state index contributed by atoms with van der Waals surface area (Å²) < 4.78 is 0. The summed E-state index contributed by atoms with van der Waals surface area (Å²) >= 11 is 0. The molecule has 2 radical (unpaired) electrons. The van der Waals surface area contributed by atoms with Gasteiger partial charge in [0.2, 0.25) is 0 Å². The molecule has 1 aliphatic rings. The van der Waals surface area contributed by atoms with Gasteiger partial charge < -0.3 is 0 Å². The Morgan fingerprint density at radius 1 is 1.00 bits per heavy atom. The Labute approximate surface area is 74.6 Å². The standard InChI is InChI=1S/C10H18O2/c11-7-10(8-12)6-9-4-2-1-3-5-9/h9-10H,1-8H2. The molecule has 0 unspecified atom stereocenters. The molecular weight excluding hydrogens is 152 g/mol. The van der Waals surface area contributed by atoms with E-state index in [1.54, 1.807) is 0 Å². The van der Waals surface area contributed by atoms with Gasteiger partial charge in [-0.1, -0.05) is 32.1 Å². The van der Waals surface area contributed by atoms with Gasteiger partial charge in [0.15, 0.2) is 0 Å². The van der Waals surface area contributed by atoms with E-state index in [1.807, 2.05) is 0 Å². The summed E-state index contributed by atoms with van der Waals surface area (Å²) in [7, 11) is 0.